The molecule has 0 amide bonds. The van der Waals surface area contributed by atoms with E-state index in [0.29, 0.717) is 10.2 Å². The average Bonchev–Trinajstić information content (AvgIpc) is 3.00. The van der Waals surface area contributed by atoms with Gasteiger partial charge in [0.2, 0.25) is 11.6 Å². The molecule has 108 valence electrons. The summed E-state index contributed by atoms with van der Waals surface area (Å²) in [6.07, 6.45) is 1.83. The number of imidazole rings is 1. The number of hydrogen-bond acceptors (Lipinski definition) is 5. The lowest BCUT2D eigenvalue weighted by molar-refractivity contribution is -0.385. The number of hydrogen-bond donors (Lipinski definition) is 0. The first-order valence-corrected chi connectivity index (χ1v) is 7.93. The van der Waals surface area contributed by atoms with Crippen molar-refractivity contribution in [1.29, 1.82) is 0 Å². The van der Waals surface area contributed by atoms with Crippen molar-refractivity contribution in [1.82, 2.24) is 9.38 Å². The Bertz CT molecular complexity index is 832. The van der Waals surface area contributed by atoms with Crippen molar-refractivity contribution in [3.63, 3.8) is 0 Å². The summed E-state index contributed by atoms with van der Waals surface area (Å²) in [5.74, 6) is 0.567. The third-order valence-electron chi connectivity index (χ3n) is 2.79. The summed E-state index contributed by atoms with van der Waals surface area (Å²) in [5.41, 5.74) is 0.513. The van der Waals surface area contributed by atoms with Crippen LogP contribution in [-0.2, 0) is 5.88 Å². The first kappa shape index (κ1) is 14.3. The van der Waals surface area contributed by atoms with Crippen LogP contribution in [-0.4, -0.2) is 14.3 Å². The van der Waals surface area contributed by atoms with Crippen molar-refractivity contribution >= 4 is 49.5 Å². The van der Waals surface area contributed by atoms with Crippen LogP contribution >= 0.6 is 38.9 Å². The second-order valence-electron chi connectivity index (χ2n) is 4.00. The molecule has 3 aromatic rings. The monoisotopic (exact) mass is 387 g/mol. The van der Waals surface area contributed by atoms with Crippen LogP contribution in [0, 0.1) is 10.1 Å². The number of benzene rings is 1. The molecule has 2 aromatic heterocycles. The predicted octanol–water partition coefficient (Wildman–Crippen LogP) is 4.60. The quantitative estimate of drug-likeness (QED) is 0.372. The number of fused-ring (bicyclic) bond motifs is 1. The minimum absolute atomic E-state index is 0.111. The van der Waals surface area contributed by atoms with Gasteiger partial charge >= 0.3 is 5.69 Å². The van der Waals surface area contributed by atoms with Crippen LogP contribution in [0.3, 0.4) is 0 Å². The van der Waals surface area contributed by atoms with Crippen LogP contribution in [0.2, 0.25) is 0 Å². The first-order chi connectivity index (χ1) is 10.1. The highest BCUT2D eigenvalue weighted by atomic mass is 79.9. The maximum Gasteiger partial charge on any atom is 0.312 e. The molecule has 0 saturated carbocycles. The number of para-hydroxylation sites is 1. The van der Waals surface area contributed by atoms with Crippen LogP contribution in [0.4, 0.5) is 5.69 Å². The Balaban J connectivity index is 2.10. The lowest BCUT2D eigenvalue weighted by atomic mass is 10.3. The number of nitro benzene ring substituents is 1. The highest BCUT2D eigenvalue weighted by Crippen LogP contribution is 2.39. The van der Waals surface area contributed by atoms with E-state index in [9.17, 15) is 10.1 Å². The molecule has 0 fully saturated rings. The number of alkyl halides is 1. The number of thiazole rings is 1. The molecule has 1 aromatic carbocycles. The molecule has 0 atom stereocenters. The maximum absolute atomic E-state index is 11.1. The molecule has 0 spiro atoms. The van der Waals surface area contributed by atoms with Crippen LogP contribution in [0.5, 0.6) is 11.6 Å². The normalized spacial score (nSPS) is 11.0. The molecule has 0 aliphatic rings. The molecule has 0 saturated heterocycles. The van der Waals surface area contributed by atoms with Crippen molar-refractivity contribution in [2.75, 3.05) is 0 Å². The third-order valence-corrected chi connectivity index (χ3v) is 4.43. The number of halogens is 2. The molecule has 6 nitrogen and oxygen atoms in total. The molecule has 9 heteroatoms. The van der Waals surface area contributed by atoms with Gasteiger partial charge in [0, 0.05) is 17.6 Å². The van der Waals surface area contributed by atoms with E-state index in [2.05, 4.69) is 20.9 Å². The van der Waals surface area contributed by atoms with Crippen molar-refractivity contribution < 1.29 is 9.66 Å². The SMILES string of the molecule is O=[N+]([O-])c1cccc(Br)c1Oc1nc2sccn2c1CCl. The Morgan fingerprint density at radius 2 is 2.33 bits per heavy atom. The van der Waals surface area contributed by atoms with Gasteiger partial charge in [0.1, 0.15) is 5.69 Å². The van der Waals surface area contributed by atoms with Gasteiger partial charge in [-0.1, -0.05) is 6.07 Å². The van der Waals surface area contributed by atoms with Gasteiger partial charge < -0.3 is 4.74 Å². The molecule has 3 rings (SSSR count). The van der Waals surface area contributed by atoms with Gasteiger partial charge in [-0.25, -0.2) is 0 Å². The van der Waals surface area contributed by atoms with Crippen LogP contribution in [0.25, 0.3) is 4.96 Å². The van der Waals surface area contributed by atoms with E-state index >= 15 is 0 Å². The van der Waals surface area contributed by atoms with Gasteiger partial charge in [0.25, 0.3) is 0 Å². The lowest BCUT2D eigenvalue weighted by Crippen LogP contribution is -1.96. The van der Waals surface area contributed by atoms with E-state index in [4.69, 9.17) is 16.3 Å². The number of rotatable bonds is 4. The van der Waals surface area contributed by atoms with Gasteiger partial charge in [0.05, 0.1) is 15.3 Å². The average molecular weight is 389 g/mol. The summed E-state index contributed by atoms with van der Waals surface area (Å²) >= 11 is 10.6. The molecule has 0 aliphatic heterocycles. The van der Waals surface area contributed by atoms with Crippen LogP contribution in [0.1, 0.15) is 5.69 Å². The zero-order valence-corrected chi connectivity index (χ0v) is 13.5. The third kappa shape index (κ3) is 2.50. The predicted molar refractivity (Wildman–Crippen MR) is 83.5 cm³/mol. The molecule has 21 heavy (non-hydrogen) atoms. The Morgan fingerprint density at radius 1 is 1.52 bits per heavy atom. The zero-order valence-electron chi connectivity index (χ0n) is 10.3. The smallest absolute Gasteiger partial charge is 0.312 e. The maximum atomic E-state index is 11.1. The summed E-state index contributed by atoms with van der Waals surface area (Å²) < 4.78 is 7.95. The Hall–Kier alpha value is -1.64. The molecular weight excluding hydrogens is 382 g/mol. The number of aromatic nitrogens is 2. The fourth-order valence-corrected chi connectivity index (χ4v) is 3.26. The topological polar surface area (TPSA) is 69.7 Å². The fraction of sp³-hybridized carbons (Fsp3) is 0.0833. The molecule has 2 heterocycles. The van der Waals surface area contributed by atoms with E-state index < -0.39 is 4.92 Å². The van der Waals surface area contributed by atoms with Gasteiger partial charge in [-0.15, -0.1) is 22.9 Å². The first-order valence-electron chi connectivity index (χ1n) is 5.73. The highest BCUT2D eigenvalue weighted by Gasteiger charge is 2.22. The van der Waals surface area contributed by atoms with E-state index in [1.165, 1.54) is 17.4 Å². The van der Waals surface area contributed by atoms with Gasteiger partial charge in [-0.3, -0.25) is 14.5 Å². The largest absolute Gasteiger partial charge is 0.429 e. The standard InChI is InChI=1S/C12H7BrClN3O3S/c13-7-2-1-3-8(17(18)19)10(7)20-11-9(6-14)16-4-5-21-12(16)15-11/h1-5H,6H2. The summed E-state index contributed by atoms with van der Waals surface area (Å²) in [4.78, 5) is 15.6. The summed E-state index contributed by atoms with van der Waals surface area (Å²) in [6, 6.07) is 4.61. The Morgan fingerprint density at radius 3 is 3.05 bits per heavy atom. The minimum Gasteiger partial charge on any atom is -0.429 e. The Labute approximate surface area is 136 Å². The van der Waals surface area contributed by atoms with Crippen molar-refractivity contribution in [3.8, 4) is 11.6 Å². The van der Waals surface area contributed by atoms with E-state index in [-0.39, 0.29) is 23.2 Å². The zero-order chi connectivity index (χ0) is 15.0. The summed E-state index contributed by atoms with van der Waals surface area (Å²) in [7, 11) is 0. The molecular formula is C12H7BrClN3O3S. The molecule has 0 bridgehead atoms. The van der Waals surface area contributed by atoms with Crippen LogP contribution < -0.4 is 4.74 Å². The summed E-state index contributed by atoms with van der Waals surface area (Å²) in [6.45, 7) is 0. The highest BCUT2D eigenvalue weighted by molar-refractivity contribution is 9.10. The van der Waals surface area contributed by atoms with Gasteiger partial charge in [-0.05, 0) is 22.0 Å². The van der Waals surface area contributed by atoms with Gasteiger partial charge in [-0.2, -0.15) is 4.98 Å². The second-order valence-corrected chi connectivity index (χ2v) is 5.99. The molecule has 0 N–H and O–H groups in total. The number of nitro groups is 1. The molecule has 0 radical (unpaired) electrons. The molecule has 0 aliphatic carbocycles. The lowest BCUT2D eigenvalue weighted by Gasteiger charge is -2.07. The van der Waals surface area contributed by atoms with E-state index in [1.807, 2.05) is 11.6 Å². The number of nitrogens with zero attached hydrogens (tertiary/aromatic N) is 3. The Kier molecular flexibility index (Phi) is 3.83. The van der Waals surface area contributed by atoms with Crippen molar-refractivity contribution in [2.45, 2.75) is 5.88 Å². The molecule has 0 unspecified atom stereocenters. The number of ether oxygens (including phenoxy) is 1. The van der Waals surface area contributed by atoms with Crippen molar-refractivity contribution in [3.05, 3.63) is 50.1 Å². The minimum atomic E-state index is -0.501. The second kappa shape index (κ2) is 5.63. The van der Waals surface area contributed by atoms with E-state index in [1.54, 1.807) is 16.5 Å². The van der Waals surface area contributed by atoms with Crippen LogP contribution in [0.15, 0.2) is 34.2 Å². The van der Waals surface area contributed by atoms with Gasteiger partial charge in [0.15, 0.2) is 4.96 Å². The fourth-order valence-electron chi connectivity index (χ4n) is 1.85. The van der Waals surface area contributed by atoms with Crippen molar-refractivity contribution in [2.24, 2.45) is 0 Å². The van der Waals surface area contributed by atoms with E-state index in [0.717, 1.165) is 4.96 Å². The summed E-state index contributed by atoms with van der Waals surface area (Å²) in [5, 5.41) is 13.0.